The predicted molar refractivity (Wildman–Crippen MR) is 62.8 cm³/mol. The van der Waals surface area contributed by atoms with Crippen LogP contribution in [-0.4, -0.2) is 12.2 Å². The summed E-state index contributed by atoms with van der Waals surface area (Å²) in [5.74, 6) is 1.16. The zero-order valence-electron chi connectivity index (χ0n) is 6.87. The summed E-state index contributed by atoms with van der Waals surface area (Å²) in [5, 5.41) is 12.5. The first-order valence-electron chi connectivity index (χ1n) is 3.66. The lowest BCUT2D eigenvalue weighted by Gasteiger charge is -1.99. The molecule has 4 heteroatoms. The van der Waals surface area contributed by atoms with Gasteiger partial charge in [0.25, 0.3) is 0 Å². The molecule has 68 valence electrons. The van der Waals surface area contributed by atoms with Crippen molar-refractivity contribution in [3.05, 3.63) is 21.1 Å². The number of fused-ring (bicyclic) bond motifs is 1. The van der Waals surface area contributed by atoms with Gasteiger partial charge in [-0.15, -0.1) is 11.3 Å². The van der Waals surface area contributed by atoms with Crippen LogP contribution in [-0.2, 0) is 0 Å². The number of phenols is 1. The Morgan fingerprint density at radius 2 is 2.23 bits per heavy atom. The Bertz CT molecular complexity index is 450. The summed E-state index contributed by atoms with van der Waals surface area (Å²) in [5.41, 5.74) is 0. The number of benzene rings is 1. The van der Waals surface area contributed by atoms with Crippen LogP contribution in [0.3, 0.4) is 0 Å². The molecule has 0 aliphatic carbocycles. The van der Waals surface area contributed by atoms with E-state index in [1.165, 1.54) is 11.3 Å². The Hall–Kier alpha value is -0.490. The highest BCUT2D eigenvalue weighted by atomic mass is 127. The number of hydrogen-bond acceptors (Lipinski definition) is 3. The van der Waals surface area contributed by atoms with Gasteiger partial charge in [-0.1, -0.05) is 0 Å². The average Bonchev–Trinajstić information content (AvgIpc) is 2.47. The van der Waals surface area contributed by atoms with Crippen LogP contribution >= 0.6 is 33.9 Å². The molecular formula is C9H7IO2S. The number of hydrogen-bond donors (Lipinski definition) is 1. The molecule has 0 fully saturated rings. The van der Waals surface area contributed by atoms with Crippen molar-refractivity contribution >= 4 is 44.0 Å². The van der Waals surface area contributed by atoms with Gasteiger partial charge in [0.15, 0.2) is 0 Å². The normalized spacial score (nSPS) is 10.6. The van der Waals surface area contributed by atoms with Crippen LogP contribution < -0.4 is 4.74 Å². The molecule has 13 heavy (non-hydrogen) atoms. The second-order valence-corrected chi connectivity index (χ2v) is 4.73. The molecule has 1 aromatic carbocycles. The molecule has 0 radical (unpaired) electrons. The molecular weight excluding hydrogens is 299 g/mol. The fraction of sp³-hybridized carbons (Fsp3) is 0.111. The average molecular weight is 306 g/mol. The number of rotatable bonds is 1. The first kappa shape index (κ1) is 9.08. The molecule has 0 saturated heterocycles. The quantitative estimate of drug-likeness (QED) is 0.820. The monoisotopic (exact) mass is 306 g/mol. The standard InChI is InChI=1S/C9H7IO2S/c1-12-8-4-13-9-6(8)2-5(10)3-7(9)11/h2-4,11H,1H3. The van der Waals surface area contributed by atoms with Crippen molar-refractivity contribution in [2.75, 3.05) is 7.11 Å². The molecule has 1 heterocycles. The Kier molecular flexibility index (Phi) is 2.33. The number of aromatic hydroxyl groups is 1. The lowest BCUT2D eigenvalue weighted by Crippen LogP contribution is -1.79. The largest absolute Gasteiger partial charge is 0.506 e. The zero-order valence-corrected chi connectivity index (χ0v) is 9.85. The molecule has 2 rings (SSSR count). The van der Waals surface area contributed by atoms with Crippen LogP contribution in [0.15, 0.2) is 17.5 Å². The molecule has 0 unspecified atom stereocenters. The third-order valence-corrected chi connectivity index (χ3v) is 3.42. The van der Waals surface area contributed by atoms with E-state index >= 15 is 0 Å². The number of methoxy groups -OCH3 is 1. The van der Waals surface area contributed by atoms with Gasteiger partial charge >= 0.3 is 0 Å². The highest BCUT2D eigenvalue weighted by Gasteiger charge is 2.08. The summed E-state index contributed by atoms with van der Waals surface area (Å²) >= 11 is 3.67. The van der Waals surface area contributed by atoms with Gasteiger partial charge in [0.05, 0.1) is 11.8 Å². The minimum atomic E-state index is 0.329. The van der Waals surface area contributed by atoms with Gasteiger partial charge in [-0.25, -0.2) is 0 Å². The minimum Gasteiger partial charge on any atom is -0.506 e. The Morgan fingerprint density at radius 3 is 2.92 bits per heavy atom. The number of ether oxygens (including phenoxy) is 1. The topological polar surface area (TPSA) is 29.5 Å². The molecule has 0 bridgehead atoms. The fourth-order valence-electron chi connectivity index (χ4n) is 1.22. The zero-order chi connectivity index (χ0) is 9.42. The van der Waals surface area contributed by atoms with Gasteiger partial charge in [-0.2, -0.15) is 0 Å². The van der Waals surface area contributed by atoms with E-state index < -0.39 is 0 Å². The van der Waals surface area contributed by atoms with E-state index in [1.807, 2.05) is 11.4 Å². The van der Waals surface area contributed by atoms with Gasteiger partial charge in [0.1, 0.15) is 11.5 Å². The molecule has 2 aromatic rings. The van der Waals surface area contributed by atoms with Crippen LogP contribution in [0.2, 0.25) is 0 Å². The molecule has 0 aliphatic rings. The summed E-state index contributed by atoms with van der Waals surface area (Å²) in [6.07, 6.45) is 0. The third-order valence-electron chi connectivity index (χ3n) is 1.80. The first-order valence-corrected chi connectivity index (χ1v) is 5.62. The highest BCUT2D eigenvalue weighted by Crippen LogP contribution is 2.38. The molecule has 2 nitrogen and oxygen atoms in total. The number of halogens is 1. The first-order chi connectivity index (χ1) is 6.22. The summed E-state index contributed by atoms with van der Waals surface area (Å²) in [6.45, 7) is 0. The Labute approximate surface area is 93.3 Å². The van der Waals surface area contributed by atoms with E-state index in [2.05, 4.69) is 22.6 Å². The van der Waals surface area contributed by atoms with Crippen molar-refractivity contribution in [2.45, 2.75) is 0 Å². The molecule has 1 aromatic heterocycles. The smallest absolute Gasteiger partial charge is 0.137 e. The Morgan fingerprint density at radius 1 is 1.46 bits per heavy atom. The van der Waals surface area contributed by atoms with Crippen molar-refractivity contribution in [3.8, 4) is 11.5 Å². The lowest BCUT2D eigenvalue weighted by atomic mass is 10.2. The maximum Gasteiger partial charge on any atom is 0.137 e. The van der Waals surface area contributed by atoms with Gasteiger partial charge in [0, 0.05) is 14.3 Å². The second kappa shape index (κ2) is 3.34. The Balaban J connectivity index is 2.82. The third kappa shape index (κ3) is 1.48. The van der Waals surface area contributed by atoms with Gasteiger partial charge < -0.3 is 9.84 Å². The molecule has 0 atom stereocenters. The maximum absolute atomic E-state index is 9.61. The van der Waals surface area contributed by atoms with Crippen LogP contribution in [0.1, 0.15) is 0 Å². The van der Waals surface area contributed by atoms with Crippen molar-refractivity contribution in [2.24, 2.45) is 0 Å². The van der Waals surface area contributed by atoms with Crippen molar-refractivity contribution < 1.29 is 9.84 Å². The fourth-order valence-corrected chi connectivity index (χ4v) is 2.74. The summed E-state index contributed by atoms with van der Waals surface area (Å²) in [4.78, 5) is 0. The van der Waals surface area contributed by atoms with Crippen LogP contribution in [0.25, 0.3) is 10.1 Å². The highest BCUT2D eigenvalue weighted by molar-refractivity contribution is 14.1. The van der Waals surface area contributed by atoms with Crippen LogP contribution in [0, 0.1) is 3.57 Å². The van der Waals surface area contributed by atoms with Crippen molar-refractivity contribution in [3.63, 3.8) is 0 Å². The molecule has 0 aliphatic heterocycles. The van der Waals surface area contributed by atoms with E-state index in [0.717, 1.165) is 19.4 Å². The lowest BCUT2D eigenvalue weighted by molar-refractivity contribution is 0.421. The predicted octanol–water partition coefficient (Wildman–Crippen LogP) is 3.22. The van der Waals surface area contributed by atoms with E-state index in [0.29, 0.717) is 5.75 Å². The molecule has 0 amide bonds. The second-order valence-electron chi connectivity index (χ2n) is 2.61. The van der Waals surface area contributed by atoms with Gasteiger partial charge in [0.2, 0.25) is 0 Å². The summed E-state index contributed by atoms with van der Waals surface area (Å²) in [7, 11) is 1.64. The number of thiophene rings is 1. The molecule has 0 saturated carbocycles. The molecule has 1 N–H and O–H groups in total. The van der Waals surface area contributed by atoms with E-state index in [4.69, 9.17) is 4.74 Å². The maximum atomic E-state index is 9.61. The minimum absolute atomic E-state index is 0.329. The van der Waals surface area contributed by atoms with Gasteiger partial charge in [-0.05, 0) is 34.7 Å². The van der Waals surface area contributed by atoms with E-state index in [1.54, 1.807) is 13.2 Å². The van der Waals surface area contributed by atoms with Crippen molar-refractivity contribution in [1.82, 2.24) is 0 Å². The molecule has 0 spiro atoms. The van der Waals surface area contributed by atoms with E-state index in [9.17, 15) is 5.11 Å². The van der Waals surface area contributed by atoms with E-state index in [-0.39, 0.29) is 0 Å². The van der Waals surface area contributed by atoms with Crippen LogP contribution in [0.5, 0.6) is 11.5 Å². The number of phenolic OH excluding ortho intramolecular Hbond substituents is 1. The summed E-state index contributed by atoms with van der Waals surface area (Å²) < 4.78 is 7.07. The SMILES string of the molecule is COc1csc2c(O)cc(I)cc12. The van der Waals surface area contributed by atoms with Gasteiger partial charge in [-0.3, -0.25) is 0 Å². The van der Waals surface area contributed by atoms with Crippen LogP contribution in [0.4, 0.5) is 0 Å². The van der Waals surface area contributed by atoms with Crippen molar-refractivity contribution in [1.29, 1.82) is 0 Å². The summed E-state index contributed by atoms with van der Waals surface area (Å²) in [6, 6.07) is 3.75.